The average molecular weight is 155 g/mol. The first-order valence-electron chi connectivity index (χ1n) is 5.02. The summed E-state index contributed by atoms with van der Waals surface area (Å²) in [4.78, 5) is 0. The van der Waals surface area contributed by atoms with Crippen LogP contribution < -0.4 is 5.32 Å². The Morgan fingerprint density at radius 1 is 1.09 bits per heavy atom. The van der Waals surface area contributed by atoms with Crippen LogP contribution in [0, 0.1) is 5.92 Å². The van der Waals surface area contributed by atoms with E-state index < -0.39 is 0 Å². The minimum Gasteiger partial charge on any atom is -0.317 e. The van der Waals surface area contributed by atoms with Gasteiger partial charge >= 0.3 is 0 Å². The second-order valence-corrected chi connectivity index (χ2v) is 3.83. The highest BCUT2D eigenvalue weighted by atomic mass is 14.9. The van der Waals surface area contributed by atoms with E-state index >= 15 is 0 Å². The Morgan fingerprint density at radius 2 is 1.64 bits per heavy atom. The zero-order valence-corrected chi connectivity index (χ0v) is 7.90. The van der Waals surface area contributed by atoms with Crippen LogP contribution in [0.15, 0.2) is 0 Å². The largest absolute Gasteiger partial charge is 0.317 e. The van der Waals surface area contributed by atoms with Crippen molar-refractivity contribution in [3.63, 3.8) is 0 Å². The molecule has 1 saturated carbocycles. The molecular formula is C10H21N. The highest BCUT2D eigenvalue weighted by Crippen LogP contribution is 2.24. The Bertz CT molecular complexity index is 93.0. The number of hydrogen-bond donors (Lipinski definition) is 1. The standard InChI is InChI=1S/C10H21N/c1-9(11-2)10-7-5-3-4-6-8-10/h9-11H,3-8H2,1-2H3/t9-/m0/s1. The van der Waals surface area contributed by atoms with Gasteiger partial charge in [0, 0.05) is 6.04 Å². The Kier molecular flexibility index (Phi) is 3.92. The monoisotopic (exact) mass is 155 g/mol. The molecule has 1 rings (SSSR count). The summed E-state index contributed by atoms with van der Waals surface area (Å²) in [6, 6.07) is 0.730. The molecule has 0 spiro atoms. The summed E-state index contributed by atoms with van der Waals surface area (Å²) in [6.45, 7) is 2.32. The third-order valence-corrected chi connectivity index (χ3v) is 3.06. The first kappa shape index (κ1) is 9.05. The lowest BCUT2D eigenvalue weighted by atomic mass is 9.93. The van der Waals surface area contributed by atoms with Gasteiger partial charge in [-0.2, -0.15) is 0 Å². The molecule has 0 aromatic rings. The van der Waals surface area contributed by atoms with Crippen molar-refractivity contribution in [2.24, 2.45) is 5.92 Å². The van der Waals surface area contributed by atoms with E-state index in [1.54, 1.807) is 0 Å². The predicted octanol–water partition coefficient (Wildman–Crippen LogP) is 2.56. The van der Waals surface area contributed by atoms with E-state index in [-0.39, 0.29) is 0 Å². The SMILES string of the molecule is CN[C@@H](C)C1CCCCCC1. The van der Waals surface area contributed by atoms with Crippen molar-refractivity contribution < 1.29 is 0 Å². The summed E-state index contributed by atoms with van der Waals surface area (Å²) in [6.07, 6.45) is 8.73. The van der Waals surface area contributed by atoms with Crippen LogP contribution >= 0.6 is 0 Å². The van der Waals surface area contributed by atoms with Gasteiger partial charge in [0.15, 0.2) is 0 Å². The van der Waals surface area contributed by atoms with Crippen LogP contribution in [0.1, 0.15) is 45.4 Å². The second kappa shape index (κ2) is 4.76. The van der Waals surface area contributed by atoms with E-state index in [9.17, 15) is 0 Å². The molecule has 1 atom stereocenters. The third kappa shape index (κ3) is 2.82. The average Bonchev–Trinajstić information content (AvgIpc) is 2.30. The Hall–Kier alpha value is -0.0400. The van der Waals surface area contributed by atoms with Crippen LogP contribution in [0.25, 0.3) is 0 Å². The van der Waals surface area contributed by atoms with Gasteiger partial charge in [-0.3, -0.25) is 0 Å². The van der Waals surface area contributed by atoms with Crippen LogP contribution in [0.2, 0.25) is 0 Å². The summed E-state index contributed by atoms with van der Waals surface area (Å²) in [7, 11) is 2.08. The second-order valence-electron chi connectivity index (χ2n) is 3.83. The molecule has 11 heavy (non-hydrogen) atoms. The van der Waals surface area contributed by atoms with E-state index in [1.165, 1.54) is 38.5 Å². The fraction of sp³-hybridized carbons (Fsp3) is 1.00. The molecule has 0 unspecified atom stereocenters. The molecular weight excluding hydrogens is 134 g/mol. The summed E-state index contributed by atoms with van der Waals surface area (Å²) in [5, 5.41) is 3.36. The van der Waals surface area contributed by atoms with Crippen molar-refractivity contribution in [1.29, 1.82) is 0 Å². The molecule has 0 amide bonds. The summed E-state index contributed by atoms with van der Waals surface area (Å²) < 4.78 is 0. The van der Waals surface area contributed by atoms with E-state index in [0.717, 1.165) is 12.0 Å². The van der Waals surface area contributed by atoms with Gasteiger partial charge in [0.1, 0.15) is 0 Å². The zero-order chi connectivity index (χ0) is 8.10. The molecule has 0 aromatic carbocycles. The lowest BCUT2D eigenvalue weighted by Crippen LogP contribution is -2.30. The van der Waals surface area contributed by atoms with Crippen LogP contribution in [-0.2, 0) is 0 Å². The van der Waals surface area contributed by atoms with Gasteiger partial charge in [0.2, 0.25) is 0 Å². The van der Waals surface area contributed by atoms with Gasteiger partial charge in [0.05, 0.1) is 0 Å². The fourth-order valence-electron chi connectivity index (χ4n) is 2.05. The smallest absolute Gasteiger partial charge is 0.00639 e. The van der Waals surface area contributed by atoms with Gasteiger partial charge in [-0.1, -0.05) is 25.7 Å². The van der Waals surface area contributed by atoms with E-state index in [1.807, 2.05) is 0 Å². The van der Waals surface area contributed by atoms with Crippen molar-refractivity contribution in [3.05, 3.63) is 0 Å². The number of rotatable bonds is 2. The van der Waals surface area contributed by atoms with Crippen molar-refractivity contribution in [3.8, 4) is 0 Å². The molecule has 0 saturated heterocycles. The topological polar surface area (TPSA) is 12.0 Å². The van der Waals surface area contributed by atoms with E-state index in [0.29, 0.717) is 0 Å². The molecule has 1 heteroatoms. The van der Waals surface area contributed by atoms with Crippen molar-refractivity contribution in [2.75, 3.05) is 7.05 Å². The van der Waals surface area contributed by atoms with Gasteiger partial charge in [-0.05, 0) is 32.7 Å². The molecule has 0 aliphatic heterocycles. The molecule has 1 N–H and O–H groups in total. The lowest BCUT2D eigenvalue weighted by molar-refractivity contribution is 0.354. The summed E-state index contributed by atoms with van der Waals surface area (Å²) >= 11 is 0. The third-order valence-electron chi connectivity index (χ3n) is 3.06. The van der Waals surface area contributed by atoms with E-state index in [4.69, 9.17) is 0 Å². The Morgan fingerprint density at radius 3 is 2.09 bits per heavy atom. The van der Waals surface area contributed by atoms with E-state index in [2.05, 4.69) is 19.3 Å². The van der Waals surface area contributed by atoms with Crippen LogP contribution in [0.3, 0.4) is 0 Å². The molecule has 1 aliphatic rings. The lowest BCUT2D eigenvalue weighted by Gasteiger charge is -2.21. The molecule has 1 fully saturated rings. The Labute approximate surface area is 70.6 Å². The van der Waals surface area contributed by atoms with Crippen molar-refractivity contribution >= 4 is 0 Å². The van der Waals surface area contributed by atoms with Crippen LogP contribution in [-0.4, -0.2) is 13.1 Å². The highest BCUT2D eigenvalue weighted by Gasteiger charge is 2.16. The van der Waals surface area contributed by atoms with Gasteiger partial charge in [-0.25, -0.2) is 0 Å². The van der Waals surface area contributed by atoms with Crippen molar-refractivity contribution in [1.82, 2.24) is 5.32 Å². The molecule has 66 valence electrons. The minimum absolute atomic E-state index is 0.730. The summed E-state index contributed by atoms with van der Waals surface area (Å²) in [5.74, 6) is 0.947. The maximum atomic E-state index is 3.36. The molecule has 1 aliphatic carbocycles. The highest BCUT2D eigenvalue weighted by molar-refractivity contribution is 4.73. The zero-order valence-electron chi connectivity index (χ0n) is 7.90. The molecule has 0 bridgehead atoms. The quantitative estimate of drug-likeness (QED) is 0.604. The Balaban J connectivity index is 2.30. The number of nitrogens with one attached hydrogen (secondary N) is 1. The maximum Gasteiger partial charge on any atom is 0.00639 e. The normalized spacial score (nSPS) is 24.5. The molecule has 1 nitrogen and oxygen atoms in total. The van der Waals surface area contributed by atoms with Crippen molar-refractivity contribution in [2.45, 2.75) is 51.5 Å². The maximum absolute atomic E-state index is 3.36. The first-order chi connectivity index (χ1) is 5.34. The van der Waals surface area contributed by atoms with Gasteiger partial charge in [0.25, 0.3) is 0 Å². The first-order valence-corrected chi connectivity index (χ1v) is 5.02. The molecule has 0 aromatic heterocycles. The molecule has 0 radical (unpaired) electrons. The van der Waals surface area contributed by atoms with Crippen LogP contribution in [0.4, 0.5) is 0 Å². The number of hydrogen-bond acceptors (Lipinski definition) is 1. The van der Waals surface area contributed by atoms with Gasteiger partial charge < -0.3 is 5.32 Å². The predicted molar refractivity (Wildman–Crippen MR) is 49.7 cm³/mol. The molecule has 0 heterocycles. The van der Waals surface area contributed by atoms with Gasteiger partial charge in [-0.15, -0.1) is 0 Å². The summed E-state index contributed by atoms with van der Waals surface area (Å²) in [5.41, 5.74) is 0. The van der Waals surface area contributed by atoms with Crippen LogP contribution in [0.5, 0.6) is 0 Å². The fourth-order valence-corrected chi connectivity index (χ4v) is 2.05. The minimum atomic E-state index is 0.730.